The van der Waals surface area contributed by atoms with E-state index in [1.165, 1.54) is 32.0 Å². The van der Waals surface area contributed by atoms with Crippen molar-refractivity contribution < 1.29 is 27.5 Å². The molecule has 0 spiro atoms. The van der Waals surface area contributed by atoms with E-state index in [-0.39, 0.29) is 16.4 Å². The number of rotatable bonds is 8. The van der Waals surface area contributed by atoms with Crippen LogP contribution in [0.25, 0.3) is 0 Å². The van der Waals surface area contributed by atoms with Crippen molar-refractivity contribution in [2.24, 2.45) is 0 Å². The molecular weight excluding hydrogens is 482 g/mol. The normalized spacial score (nSPS) is 11.8. The molecule has 0 aliphatic rings. The number of anilines is 3. The monoisotopic (exact) mass is 509 g/mol. The highest BCUT2D eigenvalue weighted by Gasteiger charge is 2.23. The van der Waals surface area contributed by atoms with E-state index in [9.17, 15) is 22.8 Å². The first kappa shape index (κ1) is 26.4. The zero-order valence-electron chi connectivity index (χ0n) is 20.3. The highest BCUT2D eigenvalue weighted by atomic mass is 32.2. The standard InChI is InChI=1S/C26H27N3O6S/c1-16-5-9-23(10-6-16)29-36(33,34)24-15-20(8-7-17(24)2)26(32)35-18(3)25(31)28-22-13-11-21(12-14-22)27-19(4)30/h5-15,18,29H,1-4H3,(H,27,30)(H,28,31). The topological polar surface area (TPSA) is 131 Å². The van der Waals surface area contributed by atoms with E-state index < -0.39 is 28.0 Å². The fourth-order valence-electron chi connectivity index (χ4n) is 3.21. The summed E-state index contributed by atoms with van der Waals surface area (Å²) >= 11 is 0. The van der Waals surface area contributed by atoms with Crippen LogP contribution >= 0.6 is 0 Å². The van der Waals surface area contributed by atoms with E-state index in [4.69, 9.17) is 4.74 Å². The quantitative estimate of drug-likeness (QED) is 0.389. The lowest BCUT2D eigenvalue weighted by molar-refractivity contribution is -0.123. The predicted molar refractivity (Wildman–Crippen MR) is 137 cm³/mol. The Hall–Kier alpha value is -4.18. The van der Waals surface area contributed by atoms with E-state index in [1.54, 1.807) is 55.5 Å². The molecule has 0 saturated carbocycles. The van der Waals surface area contributed by atoms with Crippen molar-refractivity contribution in [2.45, 2.75) is 38.7 Å². The Morgan fingerprint density at radius 3 is 1.94 bits per heavy atom. The van der Waals surface area contributed by atoms with Crippen molar-refractivity contribution in [1.29, 1.82) is 0 Å². The minimum Gasteiger partial charge on any atom is -0.449 e. The maximum atomic E-state index is 12.9. The first-order valence-electron chi connectivity index (χ1n) is 11.0. The molecule has 188 valence electrons. The van der Waals surface area contributed by atoms with Crippen LogP contribution in [-0.4, -0.2) is 32.3 Å². The molecule has 2 amide bonds. The van der Waals surface area contributed by atoms with E-state index in [2.05, 4.69) is 15.4 Å². The summed E-state index contributed by atoms with van der Waals surface area (Å²) in [7, 11) is -3.97. The summed E-state index contributed by atoms with van der Waals surface area (Å²) in [5, 5.41) is 5.24. The Morgan fingerprint density at radius 2 is 1.36 bits per heavy atom. The van der Waals surface area contributed by atoms with Gasteiger partial charge < -0.3 is 15.4 Å². The highest BCUT2D eigenvalue weighted by molar-refractivity contribution is 7.92. The van der Waals surface area contributed by atoms with Gasteiger partial charge in [-0.25, -0.2) is 13.2 Å². The first-order chi connectivity index (χ1) is 16.9. The van der Waals surface area contributed by atoms with E-state index in [0.29, 0.717) is 22.6 Å². The molecule has 0 aromatic heterocycles. The molecule has 0 aliphatic carbocycles. The molecule has 0 radical (unpaired) electrons. The molecule has 10 heteroatoms. The Labute approximate surface area is 209 Å². The van der Waals surface area contributed by atoms with Gasteiger partial charge in [-0.2, -0.15) is 0 Å². The van der Waals surface area contributed by atoms with Crippen LogP contribution in [0.4, 0.5) is 17.1 Å². The van der Waals surface area contributed by atoms with Crippen LogP contribution in [0.3, 0.4) is 0 Å². The Bertz CT molecular complexity index is 1380. The van der Waals surface area contributed by atoms with Crippen molar-refractivity contribution >= 4 is 44.9 Å². The number of amides is 2. The SMILES string of the molecule is CC(=O)Nc1ccc(NC(=O)C(C)OC(=O)c2ccc(C)c(S(=O)(=O)Nc3ccc(C)cc3)c2)cc1. The second-order valence-electron chi connectivity index (χ2n) is 8.25. The van der Waals surface area contributed by atoms with Gasteiger partial charge >= 0.3 is 5.97 Å². The number of nitrogens with one attached hydrogen (secondary N) is 3. The van der Waals surface area contributed by atoms with Gasteiger partial charge in [0.1, 0.15) is 0 Å². The molecule has 3 rings (SSSR count). The molecule has 0 heterocycles. The van der Waals surface area contributed by atoms with Crippen molar-refractivity contribution in [3.8, 4) is 0 Å². The fraction of sp³-hybridized carbons (Fsp3) is 0.192. The smallest absolute Gasteiger partial charge is 0.338 e. The summed E-state index contributed by atoms with van der Waals surface area (Å²) in [6.07, 6.45) is -1.15. The van der Waals surface area contributed by atoms with Crippen molar-refractivity contribution in [1.82, 2.24) is 0 Å². The number of carbonyl (C=O) groups is 3. The van der Waals surface area contributed by atoms with Gasteiger partial charge in [-0.1, -0.05) is 23.8 Å². The number of aryl methyl sites for hydroxylation is 2. The van der Waals surface area contributed by atoms with Crippen molar-refractivity contribution in [2.75, 3.05) is 15.4 Å². The van der Waals surface area contributed by atoms with Crippen LogP contribution in [-0.2, 0) is 24.3 Å². The maximum Gasteiger partial charge on any atom is 0.338 e. The van der Waals surface area contributed by atoms with Crippen LogP contribution in [0.2, 0.25) is 0 Å². The van der Waals surface area contributed by atoms with Gasteiger partial charge in [0.05, 0.1) is 10.5 Å². The second kappa shape index (κ2) is 11.0. The zero-order chi connectivity index (χ0) is 26.5. The molecule has 9 nitrogen and oxygen atoms in total. The summed E-state index contributed by atoms with van der Waals surface area (Å²) in [5.74, 6) is -1.63. The molecule has 0 bridgehead atoms. The first-order valence-corrected chi connectivity index (χ1v) is 12.5. The van der Waals surface area contributed by atoms with Gasteiger partial charge in [-0.15, -0.1) is 0 Å². The van der Waals surface area contributed by atoms with Crippen molar-refractivity contribution in [3.63, 3.8) is 0 Å². The number of sulfonamides is 1. The lowest BCUT2D eigenvalue weighted by Gasteiger charge is -2.15. The number of ether oxygens (including phenoxy) is 1. The van der Waals surface area contributed by atoms with Crippen LogP contribution in [0.1, 0.15) is 35.3 Å². The Kier molecular flexibility index (Phi) is 8.11. The molecule has 3 N–H and O–H groups in total. The average Bonchev–Trinajstić information content (AvgIpc) is 2.81. The summed E-state index contributed by atoms with van der Waals surface area (Å²) in [6.45, 7) is 6.30. The average molecular weight is 510 g/mol. The number of esters is 1. The molecule has 0 aliphatic heterocycles. The minimum absolute atomic E-state index is 0.0100. The molecule has 0 fully saturated rings. The third kappa shape index (κ3) is 6.92. The molecule has 1 unspecified atom stereocenters. The second-order valence-corrected chi connectivity index (χ2v) is 9.90. The zero-order valence-corrected chi connectivity index (χ0v) is 21.1. The van der Waals surface area contributed by atoms with Crippen LogP contribution < -0.4 is 15.4 Å². The molecule has 1 atom stereocenters. The number of carbonyl (C=O) groups excluding carboxylic acids is 3. The lowest BCUT2D eigenvalue weighted by Crippen LogP contribution is -2.30. The summed E-state index contributed by atoms with van der Waals surface area (Å²) in [6, 6.07) is 17.4. The van der Waals surface area contributed by atoms with Crippen LogP contribution in [0.5, 0.6) is 0 Å². The van der Waals surface area contributed by atoms with Crippen LogP contribution in [0, 0.1) is 13.8 Å². The number of hydrogen-bond donors (Lipinski definition) is 3. The molecule has 3 aromatic carbocycles. The van der Waals surface area contributed by atoms with Gasteiger partial charge in [0.2, 0.25) is 5.91 Å². The Morgan fingerprint density at radius 1 is 0.806 bits per heavy atom. The fourth-order valence-corrected chi connectivity index (χ4v) is 4.54. The summed E-state index contributed by atoms with van der Waals surface area (Å²) < 4.78 is 33.7. The maximum absolute atomic E-state index is 12.9. The lowest BCUT2D eigenvalue weighted by atomic mass is 10.1. The number of benzene rings is 3. The van der Waals surface area contributed by atoms with Gasteiger partial charge in [0.25, 0.3) is 15.9 Å². The number of hydrogen-bond acceptors (Lipinski definition) is 6. The summed E-state index contributed by atoms with van der Waals surface area (Å²) in [4.78, 5) is 36.2. The minimum atomic E-state index is -3.97. The van der Waals surface area contributed by atoms with E-state index in [1.807, 2.05) is 6.92 Å². The predicted octanol–water partition coefficient (Wildman–Crippen LogP) is 4.25. The van der Waals surface area contributed by atoms with E-state index >= 15 is 0 Å². The molecule has 36 heavy (non-hydrogen) atoms. The third-order valence-electron chi connectivity index (χ3n) is 5.14. The van der Waals surface area contributed by atoms with Gasteiger partial charge in [0.15, 0.2) is 6.10 Å². The van der Waals surface area contributed by atoms with Gasteiger partial charge in [-0.05, 0) is 74.9 Å². The molecule has 3 aromatic rings. The van der Waals surface area contributed by atoms with Gasteiger partial charge in [0, 0.05) is 24.0 Å². The van der Waals surface area contributed by atoms with E-state index in [0.717, 1.165) is 5.56 Å². The Balaban J connectivity index is 1.68. The molecular formula is C26H27N3O6S. The molecule has 0 saturated heterocycles. The van der Waals surface area contributed by atoms with Crippen molar-refractivity contribution in [3.05, 3.63) is 83.4 Å². The third-order valence-corrected chi connectivity index (χ3v) is 6.67. The highest BCUT2D eigenvalue weighted by Crippen LogP contribution is 2.22. The van der Waals surface area contributed by atoms with Gasteiger partial charge in [-0.3, -0.25) is 14.3 Å². The summed E-state index contributed by atoms with van der Waals surface area (Å²) in [5.41, 5.74) is 2.83. The largest absolute Gasteiger partial charge is 0.449 e. The van der Waals surface area contributed by atoms with Crippen LogP contribution in [0.15, 0.2) is 71.6 Å².